The average molecular weight is 328 g/mol. The van der Waals surface area contributed by atoms with Crippen LogP contribution in [0.25, 0.3) is 0 Å². The van der Waals surface area contributed by atoms with Crippen molar-refractivity contribution in [3.05, 3.63) is 29.8 Å². The van der Waals surface area contributed by atoms with Crippen LogP contribution in [0.1, 0.15) is 31.2 Å². The number of rotatable bonds is 4. The first-order chi connectivity index (χ1) is 10.2. The van der Waals surface area contributed by atoms with Gasteiger partial charge in [-0.3, -0.25) is 0 Å². The fourth-order valence-corrected chi connectivity index (χ4v) is 3.58. The average Bonchev–Trinajstić information content (AvgIpc) is 2.99. The molecule has 1 aromatic rings. The highest BCUT2D eigenvalue weighted by Gasteiger charge is 2.45. The highest BCUT2D eigenvalue weighted by Crippen LogP contribution is 2.41. The van der Waals surface area contributed by atoms with E-state index < -0.39 is 0 Å². The van der Waals surface area contributed by atoms with E-state index >= 15 is 0 Å². The Balaban J connectivity index is 0.00000176. The van der Waals surface area contributed by atoms with Crippen molar-refractivity contribution in [2.75, 3.05) is 27.4 Å². The van der Waals surface area contributed by atoms with Gasteiger partial charge < -0.3 is 19.5 Å². The first kappa shape index (κ1) is 17.5. The zero-order valence-electron chi connectivity index (χ0n) is 13.4. The van der Waals surface area contributed by atoms with Crippen LogP contribution in [-0.4, -0.2) is 38.7 Å². The highest BCUT2D eigenvalue weighted by molar-refractivity contribution is 5.85. The number of ether oxygens (including phenoxy) is 3. The van der Waals surface area contributed by atoms with Crippen molar-refractivity contribution in [1.82, 2.24) is 5.32 Å². The lowest BCUT2D eigenvalue weighted by Gasteiger charge is -2.44. The lowest BCUT2D eigenvalue weighted by molar-refractivity contribution is -0.186. The Morgan fingerprint density at radius 2 is 1.82 bits per heavy atom. The maximum atomic E-state index is 5.84. The number of nitrogens with one attached hydrogen (secondary N) is 1. The summed E-state index contributed by atoms with van der Waals surface area (Å²) >= 11 is 0. The Bertz CT molecular complexity index is 479. The first-order valence-electron chi connectivity index (χ1n) is 7.79. The van der Waals surface area contributed by atoms with Gasteiger partial charge in [-0.15, -0.1) is 12.4 Å². The Hall–Kier alpha value is -0.810. The van der Waals surface area contributed by atoms with Gasteiger partial charge in [-0.05, 0) is 44.0 Å². The molecule has 0 unspecified atom stereocenters. The Morgan fingerprint density at radius 3 is 2.41 bits per heavy atom. The molecular formula is C17H26ClNO3. The number of benzene rings is 1. The minimum Gasteiger partial charge on any atom is -0.497 e. The molecule has 0 atom stereocenters. The van der Waals surface area contributed by atoms with Gasteiger partial charge in [-0.25, -0.2) is 0 Å². The minimum absolute atomic E-state index is 0. The molecule has 1 aliphatic heterocycles. The van der Waals surface area contributed by atoms with E-state index in [0.717, 1.165) is 51.1 Å². The molecule has 2 aliphatic rings. The molecule has 0 bridgehead atoms. The second kappa shape index (κ2) is 7.18. The van der Waals surface area contributed by atoms with Gasteiger partial charge in [0.25, 0.3) is 0 Å². The molecule has 4 nitrogen and oxygen atoms in total. The third kappa shape index (κ3) is 3.57. The fraction of sp³-hybridized carbons (Fsp3) is 0.647. The summed E-state index contributed by atoms with van der Waals surface area (Å²) in [4.78, 5) is 0. The van der Waals surface area contributed by atoms with Crippen LogP contribution in [0.15, 0.2) is 24.3 Å². The van der Waals surface area contributed by atoms with Crippen LogP contribution in [0.3, 0.4) is 0 Å². The summed E-state index contributed by atoms with van der Waals surface area (Å²) in [5, 5.41) is 3.56. The van der Waals surface area contributed by atoms with Crippen LogP contribution in [-0.2, 0) is 15.9 Å². The molecule has 1 saturated carbocycles. The smallest absolute Gasteiger partial charge is 0.168 e. The van der Waals surface area contributed by atoms with Gasteiger partial charge in [0.05, 0.1) is 20.3 Å². The maximum Gasteiger partial charge on any atom is 0.168 e. The molecule has 1 heterocycles. The van der Waals surface area contributed by atoms with Crippen LogP contribution < -0.4 is 10.1 Å². The molecule has 0 aromatic heterocycles. The normalized spacial score (nSPS) is 22.3. The van der Waals surface area contributed by atoms with E-state index in [1.54, 1.807) is 7.11 Å². The predicted octanol–water partition coefficient (Wildman–Crippen LogP) is 2.93. The Morgan fingerprint density at radius 1 is 1.14 bits per heavy atom. The van der Waals surface area contributed by atoms with Crippen LogP contribution in [0.4, 0.5) is 0 Å². The third-order valence-corrected chi connectivity index (χ3v) is 4.99. The van der Waals surface area contributed by atoms with Gasteiger partial charge in [-0.1, -0.05) is 12.1 Å². The molecule has 1 aliphatic carbocycles. The van der Waals surface area contributed by atoms with E-state index in [4.69, 9.17) is 14.2 Å². The fourth-order valence-electron chi connectivity index (χ4n) is 3.58. The van der Waals surface area contributed by atoms with Crippen LogP contribution in [0.5, 0.6) is 5.75 Å². The third-order valence-electron chi connectivity index (χ3n) is 4.99. The monoisotopic (exact) mass is 327 g/mol. The van der Waals surface area contributed by atoms with Crippen LogP contribution in [0, 0.1) is 0 Å². The molecule has 124 valence electrons. The summed E-state index contributed by atoms with van der Waals surface area (Å²) in [6.07, 6.45) is 5.09. The minimum atomic E-state index is -0.297. The quantitative estimate of drug-likeness (QED) is 0.923. The van der Waals surface area contributed by atoms with E-state index in [-0.39, 0.29) is 23.7 Å². The van der Waals surface area contributed by atoms with Crippen molar-refractivity contribution in [3.63, 3.8) is 0 Å². The first-order valence-corrected chi connectivity index (χ1v) is 7.79. The Kier molecular flexibility index (Phi) is 5.72. The van der Waals surface area contributed by atoms with E-state index in [2.05, 4.69) is 30.6 Å². The second-order valence-electron chi connectivity index (χ2n) is 6.17. The molecule has 1 N–H and O–H groups in total. The van der Waals surface area contributed by atoms with E-state index in [1.807, 2.05) is 6.07 Å². The van der Waals surface area contributed by atoms with Gasteiger partial charge in [0.1, 0.15) is 5.75 Å². The standard InChI is InChI=1S/C17H25NO3.ClH/c1-18-16(13-14-4-3-5-15(12-14)19-2)6-8-17(9-7-16)20-10-11-21-17;/h3-5,12,18H,6-11,13H2,1-2H3;1H. The van der Waals surface area contributed by atoms with E-state index in [9.17, 15) is 0 Å². The zero-order valence-corrected chi connectivity index (χ0v) is 14.2. The largest absolute Gasteiger partial charge is 0.497 e. The number of hydrogen-bond donors (Lipinski definition) is 1. The van der Waals surface area contributed by atoms with E-state index in [0.29, 0.717) is 0 Å². The summed E-state index contributed by atoms with van der Waals surface area (Å²) in [5.74, 6) is 0.628. The number of likely N-dealkylation sites (N-methyl/N-ethyl adjacent to an activating group) is 1. The SMILES string of the molecule is CNC1(Cc2cccc(OC)c2)CCC2(CC1)OCCO2.Cl. The van der Waals surface area contributed by atoms with Crippen LogP contribution >= 0.6 is 12.4 Å². The van der Waals surface area contributed by atoms with Gasteiger partial charge in [-0.2, -0.15) is 0 Å². The van der Waals surface area contributed by atoms with E-state index in [1.165, 1.54) is 5.56 Å². The number of halogens is 1. The molecule has 5 heteroatoms. The van der Waals surface area contributed by atoms with Crippen molar-refractivity contribution in [3.8, 4) is 5.75 Å². The van der Waals surface area contributed by atoms with Crippen molar-refractivity contribution in [1.29, 1.82) is 0 Å². The van der Waals surface area contributed by atoms with Crippen LogP contribution in [0.2, 0.25) is 0 Å². The summed E-state index contributed by atoms with van der Waals surface area (Å²) < 4.78 is 17.0. The van der Waals surface area contributed by atoms with Crippen molar-refractivity contribution < 1.29 is 14.2 Å². The topological polar surface area (TPSA) is 39.7 Å². The van der Waals surface area contributed by atoms with Gasteiger partial charge in [0.2, 0.25) is 0 Å². The predicted molar refractivity (Wildman–Crippen MR) is 88.8 cm³/mol. The highest BCUT2D eigenvalue weighted by atomic mass is 35.5. The molecule has 3 rings (SSSR count). The number of methoxy groups -OCH3 is 1. The molecule has 1 aromatic carbocycles. The molecular weight excluding hydrogens is 302 g/mol. The summed E-state index contributed by atoms with van der Waals surface area (Å²) in [6, 6.07) is 8.36. The van der Waals surface area contributed by atoms with Crippen molar-refractivity contribution in [2.24, 2.45) is 0 Å². The molecule has 2 fully saturated rings. The lowest BCUT2D eigenvalue weighted by Crippen LogP contribution is -2.52. The summed E-state index contributed by atoms with van der Waals surface area (Å²) in [5.41, 5.74) is 1.44. The molecule has 0 amide bonds. The molecule has 1 spiro atoms. The Labute approximate surface area is 138 Å². The van der Waals surface area contributed by atoms with Gasteiger partial charge in [0, 0.05) is 18.4 Å². The lowest BCUT2D eigenvalue weighted by atomic mass is 9.75. The zero-order chi connectivity index (χ0) is 14.8. The molecule has 22 heavy (non-hydrogen) atoms. The second-order valence-corrected chi connectivity index (χ2v) is 6.17. The number of hydrogen-bond acceptors (Lipinski definition) is 4. The van der Waals surface area contributed by atoms with Gasteiger partial charge >= 0.3 is 0 Å². The molecule has 0 radical (unpaired) electrons. The summed E-state index contributed by atoms with van der Waals surface area (Å²) in [6.45, 7) is 1.48. The van der Waals surface area contributed by atoms with Crippen molar-refractivity contribution >= 4 is 12.4 Å². The van der Waals surface area contributed by atoms with Crippen molar-refractivity contribution in [2.45, 2.75) is 43.4 Å². The van der Waals surface area contributed by atoms with Gasteiger partial charge in [0.15, 0.2) is 5.79 Å². The summed E-state index contributed by atoms with van der Waals surface area (Å²) in [7, 11) is 3.78. The maximum absolute atomic E-state index is 5.84. The molecule has 1 saturated heterocycles.